The third-order valence-corrected chi connectivity index (χ3v) is 4.71. The van der Waals surface area contributed by atoms with Crippen molar-refractivity contribution in [3.8, 4) is 0 Å². The highest BCUT2D eigenvalue weighted by Crippen LogP contribution is 2.46. The molecule has 2 heterocycles. The highest BCUT2D eigenvalue weighted by atomic mass is 35.5. The summed E-state index contributed by atoms with van der Waals surface area (Å²) in [5.74, 6) is 0. The summed E-state index contributed by atoms with van der Waals surface area (Å²) in [7, 11) is -0.843. The third kappa shape index (κ3) is 3.75. The average Bonchev–Trinajstić information content (AvgIpc) is 2.97. The van der Waals surface area contributed by atoms with Gasteiger partial charge in [0.25, 0.3) is 5.56 Å². The van der Waals surface area contributed by atoms with E-state index in [1.807, 2.05) is 0 Å². The van der Waals surface area contributed by atoms with Crippen LogP contribution < -0.4 is 11.2 Å². The minimum atomic E-state index is -3.32. The zero-order valence-corrected chi connectivity index (χ0v) is 13.4. The SMILES string of the molecule is COP(=O)(COC1C=CC(n2cc(Cl)c(=O)[nH]c2=O)O1)OC. The highest BCUT2D eigenvalue weighted by Gasteiger charge is 2.27. The van der Waals surface area contributed by atoms with Crippen molar-refractivity contribution >= 4 is 19.2 Å². The van der Waals surface area contributed by atoms with Crippen LogP contribution in [-0.2, 0) is 23.1 Å². The Hall–Kier alpha value is -1.22. The Morgan fingerprint density at radius 1 is 1.36 bits per heavy atom. The minimum Gasteiger partial charge on any atom is -0.336 e. The van der Waals surface area contributed by atoms with Gasteiger partial charge in [0.15, 0.2) is 18.9 Å². The van der Waals surface area contributed by atoms with Gasteiger partial charge in [-0.15, -0.1) is 0 Å². The van der Waals surface area contributed by atoms with E-state index in [2.05, 4.69) is 4.98 Å². The van der Waals surface area contributed by atoms with Crippen LogP contribution in [0.25, 0.3) is 0 Å². The van der Waals surface area contributed by atoms with Gasteiger partial charge in [0.05, 0.1) is 0 Å². The monoisotopic (exact) mass is 352 g/mol. The van der Waals surface area contributed by atoms with Gasteiger partial charge in [0.1, 0.15) is 5.02 Å². The van der Waals surface area contributed by atoms with Crippen LogP contribution in [0.1, 0.15) is 6.23 Å². The molecule has 1 aromatic heterocycles. The lowest BCUT2D eigenvalue weighted by atomic mass is 10.5. The number of ether oxygens (including phenoxy) is 2. The molecule has 2 rings (SSSR count). The second-order valence-corrected chi connectivity index (χ2v) is 6.81. The number of rotatable bonds is 6. The molecule has 122 valence electrons. The Kier molecular flexibility index (Phi) is 5.38. The summed E-state index contributed by atoms with van der Waals surface area (Å²) >= 11 is 5.67. The fourth-order valence-corrected chi connectivity index (χ4v) is 2.50. The molecule has 0 bridgehead atoms. The van der Waals surface area contributed by atoms with Gasteiger partial charge in [-0.05, 0) is 12.2 Å². The average molecular weight is 353 g/mol. The standard InChI is InChI=1S/C11H14ClN2O7P/c1-18-22(17,19-2)6-20-9-4-3-8(21-9)14-5-7(12)10(15)13-11(14)16/h3-5,8-9H,6H2,1-2H3,(H,13,15,16). The first kappa shape index (κ1) is 17.1. The van der Waals surface area contributed by atoms with Crippen LogP contribution in [-0.4, -0.2) is 36.4 Å². The van der Waals surface area contributed by atoms with E-state index in [1.54, 1.807) is 0 Å². The Bertz CT molecular complexity index is 720. The maximum absolute atomic E-state index is 11.8. The molecule has 0 fully saturated rings. The van der Waals surface area contributed by atoms with E-state index in [9.17, 15) is 14.2 Å². The van der Waals surface area contributed by atoms with Crippen molar-refractivity contribution in [2.75, 3.05) is 20.6 Å². The predicted octanol–water partition coefficient (Wildman–Crippen LogP) is 1.06. The fourth-order valence-electron chi connectivity index (χ4n) is 1.66. The molecule has 0 aromatic carbocycles. The van der Waals surface area contributed by atoms with Crippen molar-refractivity contribution in [2.24, 2.45) is 0 Å². The van der Waals surface area contributed by atoms with E-state index in [1.165, 1.54) is 26.4 Å². The minimum absolute atomic E-state index is 0.149. The summed E-state index contributed by atoms with van der Waals surface area (Å²) in [6, 6.07) is 0. The maximum atomic E-state index is 11.8. The molecule has 9 nitrogen and oxygen atoms in total. The lowest BCUT2D eigenvalue weighted by Gasteiger charge is -2.18. The maximum Gasteiger partial charge on any atom is 0.355 e. The van der Waals surface area contributed by atoms with Crippen LogP contribution >= 0.6 is 19.2 Å². The van der Waals surface area contributed by atoms with Crippen molar-refractivity contribution in [2.45, 2.75) is 12.5 Å². The van der Waals surface area contributed by atoms with E-state index in [0.717, 1.165) is 10.8 Å². The quantitative estimate of drug-likeness (QED) is 0.602. The molecule has 1 aliphatic heterocycles. The molecule has 0 radical (unpaired) electrons. The second kappa shape index (κ2) is 6.91. The Labute approximate surface area is 129 Å². The first-order chi connectivity index (χ1) is 10.4. The summed E-state index contributed by atoms with van der Waals surface area (Å²) < 4.78 is 33.0. The van der Waals surface area contributed by atoms with Gasteiger partial charge in [0, 0.05) is 20.4 Å². The molecule has 0 saturated carbocycles. The van der Waals surface area contributed by atoms with Gasteiger partial charge in [-0.2, -0.15) is 0 Å². The highest BCUT2D eigenvalue weighted by molar-refractivity contribution is 7.53. The molecule has 0 spiro atoms. The number of H-pyrrole nitrogens is 1. The molecule has 0 aliphatic carbocycles. The van der Waals surface area contributed by atoms with Crippen LogP contribution in [0, 0.1) is 0 Å². The molecule has 1 aliphatic rings. The topological polar surface area (TPSA) is 109 Å². The van der Waals surface area contributed by atoms with Crippen molar-refractivity contribution in [3.63, 3.8) is 0 Å². The molecule has 11 heteroatoms. The number of nitrogens with zero attached hydrogens (tertiary/aromatic N) is 1. The summed E-state index contributed by atoms with van der Waals surface area (Å²) in [4.78, 5) is 25.0. The second-order valence-electron chi connectivity index (χ2n) is 4.20. The van der Waals surface area contributed by atoms with Gasteiger partial charge < -0.3 is 18.5 Å². The largest absolute Gasteiger partial charge is 0.355 e. The number of nitrogens with one attached hydrogen (secondary N) is 1. The molecule has 2 atom stereocenters. The first-order valence-electron chi connectivity index (χ1n) is 6.05. The summed E-state index contributed by atoms with van der Waals surface area (Å²) in [5, 5.41) is -0.149. The van der Waals surface area contributed by atoms with Gasteiger partial charge in [-0.1, -0.05) is 11.6 Å². The molecule has 1 aromatic rings. The van der Waals surface area contributed by atoms with E-state index < -0.39 is 31.4 Å². The zero-order chi connectivity index (χ0) is 16.3. The van der Waals surface area contributed by atoms with E-state index >= 15 is 0 Å². The molecular formula is C11H14ClN2O7P. The molecule has 0 saturated heterocycles. The smallest absolute Gasteiger partial charge is 0.336 e. The van der Waals surface area contributed by atoms with Crippen LogP contribution in [0.2, 0.25) is 5.02 Å². The van der Waals surface area contributed by atoms with E-state index in [0.29, 0.717) is 0 Å². The number of hydrogen-bond donors (Lipinski definition) is 1. The molecule has 0 amide bonds. The zero-order valence-electron chi connectivity index (χ0n) is 11.7. The van der Waals surface area contributed by atoms with Gasteiger partial charge in [-0.25, -0.2) is 4.79 Å². The number of aromatic nitrogens is 2. The number of halogens is 1. The summed E-state index contributed by atoms with van der Waals surface area (Å²) in [6.07, 6.45) is 2.24. The fraction of sp³-hybridized carbons (Fsp3) is 0.455. The number of hydrogen-bond acceptors (Lipinski definition) is 7. The van der Waals surface area contributed by atoms with Gasteiger partial charge in [-0.3, -0.25) is 18.9 Å². The van der Waals surface area contributed by atoms with Crippen LogP contribution in [0.3, 0.4) is 0 Å². The summed E-state index contributed by atoms with van der Waals surface area (Å²) in [5.41, 5.74) is -1.36. The van der Waals surface area contributed by atoms with E-state index in [-0.39, 0.29) is 11.4 Å². The lowest BCUT2D eigenvalue weighted by Crippen LogP contribution is -2.32. The first-order valence-corrected chi connectivity index (χ1v) is 8.16. The molecular weight excluding hydrogens is 339 g/mol. The van der Waals surface area contributed by atoms with Crippen LogP contribution in [0.4, 0.5) is 0 Å². The van der Waals surface area contributed by atoms with Crippen molar-refractivity contribution in [1.29, 1.82) is 0 Å². The van der Waals surface area contributed by atoms with Gasteiger partial charge >= 0.3 is 13.3 Å². The van der Waals surface area contributed by atoms with Crippen molar-refractivity contribution < 1.29 is 23.1 Å². The van der Waals surface area contributed by atoms with Crippen LogP contribution in [0.5, 0.6) is 0 Å². The van der Waals surface area contributed by atoms with Gasteiger partial charge in [0.2, 0.25) is 0 Å². The Morgan fingerprint density at radius 3 is 2.68 bits per heavy atom. The molecule has 2 unspecified atom stereocenters. The molecule has 22 heavy (non-hydrogen) atoms. The summed E-state index contributed by atoms with van der Waals surface area (Å²) in [6.45, 7) is 0. The lowest BCUT2D eigenvalue weighted by molar-refractivity contribution is -0.128. The van der Waals surface area contributed by atoms with Crippen molar-refractivity contribution in [3.05, 3.63) is 44.2 Å². The number of aromatic amines is 1. The van der Waals surface area contributed by atoms with Crippen molar-refractivity contribution in [1.82, 2.24) is 9.55 Å². The molecule has 1 N–H and O–H groups in total. The Balaban J connectivity index is 2.04. The normalized spacial score (nSPS) is 21.4. The predicted molar refractivity (Wildman–Crippen MR) is 77.0 cm³/mol. The third-order valence-electron chi connectivity index (χ3n) is 2.86. The van der Waals surface area contributed by atoms with E-state index in [4.69, 9.17) is 30.1 Å². The Morgan fingerprint density at radius 2 is 2.05 bits per heavy atom. The van der Waals surface area contributed by atoms with Crippen LogP contribution in [0.15, 0.2) is 27.9 Å².